The van der Waals surface area contributed by atoms with Crippen molar-refractivity contribution in [3.8, 4) is 0 Å². The maximum atomic E-state index is 12.3. The zero-order valence-corrected chi connectivity index (χ0v) is 12.2. The molecule has 0 aliphatic carbocycles. The Bertz CT molecular complexity index is 827. The third-order valence-corrected chi connectivity index (χ3v) is 4.97. The van der Waals surface area contributed by atoms with Gasteiger partial charge in [-0.3, -0.25) is 9.36 Å². The van der Waals surface area contributed by atoms with Gasteiger partial charge in [-0.1, -0.05) is 11.6 Å². The molecule has 1 N–H and O–H groups in total. The minimum absolute atomic E-state index is 0.0479. The Morgan fingerprint density at radius 2 is 2.22 bits per heavy atom. The number of hydrogen-bond acceptors (Lipinski definition) is 4. The van der Waals surface area contributed by atoms with Gasteiger partial charge < -0.3 is 4.98 Å². The molecule has 0 bridgehead atoms. The molecular weight excluding hydrogens is 308 g/mol. The van der Waals surface area contributed by atoms with E-state index < -0.39 is 0 Å². The maximum Gasteiger partial charge on any atom is 0.272 e. The highest BCUT2D eigenvalue weighted by Crippen LogP contribution is 2.22. The van der Waals surface area contributed by atoms with E-state index in [2.05, 4.69) is 4.98 Å². The number of nitrogens with zero attached hydrogens (tertiary/aromatic N) is 1. The van der Waals surface area contributed by atoms with Gasteiger partial charge in [0.15, 0.2) is 4.77 Å². The van der Waals surface area contributed by atoms with Crippen LogP contribution in [0.15, 0.2) is 28.4 Å². The number of nitrogens with one attached hydrogen (secondary N) is 1. The molecule has 3 aromatic heterocycles. The molecule has 3 heterocycles. The van der Waals surface area contributed by atoms with E-state index in [9.17, 15) is 4.79 Å². The molecule has 0 atom stereocenters. The van der Waals surface area contributed by atoms with Crippen LogP contribution in [0, 0.1) is 4.77 Å². The Balaban J connectivity index is 2.17. The fourth-order valence-corrected chi connectivity index (χ4v) is 3.84. The molecule has 7 heteroatoms. The number of fused-ring (bicyclic) bond motifs is 1. The van der Waals surface area contributed by atoms with E-state index in [0.717, 1.165) is 10.4 Å². The van der Waals surface area contributed by atoms with Gasteiger partial charge in [-0.25, -0.2) is 0 Å². The first-order valence-electron chi connectivity index (χ1n) is 5.09. The second kappa shape index (κ2) is 4.62. The number of H-pyrrole nitrogens is 1. The topological polar surface area (TPSA) is 37.8 Å². The molecule has 0 aliphatic rings. The lowest BCUT2D eigenvalue weighted by Gasteiger charge is -2.04. The van der Waals surface area contributed by atoms with E-state index in [-0.39, 0.29) is 5.56 Å². The quantitative estimate of drug-likeness (QED) is 0.729. The van der Waals surface area contributed by atoms with Crippen LogP contribution in [0.4, 0.5) is 0 Å². The standard InChI is InChI=1S/C11H7ClN2OS3/c12-8-2-1-6(18-8)5-14-10(15)9-7(3-4-17-9)13-11(14)16/h1-4H,5H2,(H,13,16). The van der Waals surface area contributed by atoms with Crippen molar-refractivity contribution in [3.63, 3.8) is 0 Å². The van der Waals surface area contributed by atoms with E-state index in [1.165, 1.54) is 22.7 Å². The summed E-state index contributed by atoms with van der Waals surface area (Å²) in [5, 5.41) is 1.88. The fourth-order valence-electron chi connectivity index (χ4n) is 1.71. The molecule has 3 nitrogen and oxygen atoms in total. The van der Waals surface area contributed by atoms with Gasteiger partial charge in [-0.05, 0) is 35.8 Å². The Labute approximate surface area is 120 Å². The van der Waals surface area contributed by atoms with Crippen LogP contribution in [0.3, 0.4) is 0 Å². The monoisotopic (exact) mass is 314 g/mol. The maximum absolute atomic E-state index is 12.3. The second-order valence-corrected chi connectivity index (χ2v) is 6.79. The lowest BCUT2D eigenvalue weighted by atomic mass is 10.4. The van der Waals surface area contributed by atoms with Gasteiger partial charge in [-0.15, -0.1) is 22.7 Å². The first-order valence-corrected chi connectivity index (χ1v) is 7.58. The van der Waals surface area contributed by atoms with Crippen LogP contribution in [0.1, 0.15) is 4.88 Å². The highest BCUT2D eigenvalue weighted by molar-refractivity contribution is 7.71. The zero-order chi connectivity index (χ0) is 12.7. The summed E-state index contributed by atoms with van der Waals surface area (Å²) in [5.41, 5.74) is 0.753. The van der Waals surface area contributed by atoms with E-state index in [1.807, 2.05) is 23.6 Å². The number of aromatic amines is 1. The van der Waals surface area contributed by atoms with Crippen molar-refractivity contribution in [2.75, 3.05) is 0 Å². The highest BCUT2D eigenvalue weighted by atomic mass is 35.5. The number of rotatable bonds is 2. The Morgan fingerprint density at radius 3 is 2.94 bits per heavy atom. The van der Waals surface area contributed by atoms with Crippen LogP contribution in [0.25, 0.3) is 10.2 Å². The summed E-state index contributed by atoms with van der Waals surface area (Å²) >= 11 is 14.0. The Morgan fingerprint density at radius 1 is 1.39 bits per heavy atom. The SMILES string of the molecule is O=c1c2sccc2[nH]c(=S)n1Cc1ccc(Cl)s1. The van der Waals surface area contributed by atoms with Crippen LogP contribution in [0.5, 0.6) is 0 Å². The summed E-state index contributed by atoms with van der Waals surface area (Å²) in [7, 11) is 0. The van der Waals surface area contributed by atoms with Crippen LogP contribution in [-0.4, -0.2) is 9.55 Å². The summed E-state index contributed by atoms with van der Waals surface area (Å²) in [6, 6.07) is 5.60. The van der Waals surface area contributed by atoms with Crippen LogP contribution < -0.4 is 5.56 Å². The predicted molar refractivity (Wildman–Crippen MR) is 79.7 cm³/mol. The van der Waals surface area contributed by atoms with Gasteiger partial charge in [0.2, 0.25) is 0 Å². The van der Waals surface area contributed by atoms with Gasteiger partial charge in [0.05, 0.1) is 16.4 Å². The first-order chi connectivity index (χ1) is 8.65. The van der Waals surface area contributed by atoms with Crippen molar-refractivity contribution < 1.29 is 0 Å². The van der Waals surface area contributed by atoms with E-state index in [1.54, 1.807) is 4.57 Å². The van der Waals surface area contributed by atoms with Crippen LogP contribution in [-0.2, 0) is 6.54 Å². The molecule has 0 unspecified atom stereocenters. The van der Waals surface area contributed by atoms with Crippen molar-refractivity contribution >= 4 is 56.7 Å². The van der Waals surface area contributed by atoms with E-state index in [0.29, 0.717) is 20.4 Å². The molecule has 0 aromatic carbocycles. The molecule has 3 rings (SSSR count). The number of thiophene rings is 2. The summed E-state index contributed by atoms with van der Waals surface area (Å²) in [5.74, 6) is 0. The van der Waals surface area contributed by atoms with Crippen LogP contribution in [0.2, 0.25) is 4.34 Å². The summed E-state index contributed by atoms with van der Waals surface area (Å²) in [6.45, 7) is 0.458. The minimum Gasteiger partial charge on any atom is -0.331 e. The lowest BCUT2D eigenvalue weighted by Crippen LogP contribution is -2.21. The molecule has 0 spiro atoms. The Kier molecular flexibility index (Phi) is 3.11. The van der Waals surface area contributed by atoms with Gasteiger partial charge in [-0.2, -0.15) is 0 Å². The largest absolute Gasteiger partial charge is 0.331 e. The minimum atomic E-state index is -0.0479. The van der Waals surface area contributed by atoms with E-state index in [4.69, 9.17) is 23.8 Å². The van der Waals surface area contributed by atoms with Gasteiger partial charge in [0.1, 0.15) is 4.70 Å². The molecular formula is C11H7ClN2OS3. The molecule has 18 heavy (non-hydrogen) atoms. The van der Waals surface area contributed by atoms with Gasteiger partial charge in [0, 0.05) is 4.88 Å². The first kappa shape index (κ1) is 12.1. The average Bonchev–Trinajstić information content (AvgIpc) is 2.93. The molecule has 0 saturated heterocycles. The number of halogens is 1. The van der Waals surface area contributed by atoms with Crippen molar-refractivity contribution in [2.24, 2.45) is 0 Å². The summed E-state index contributed by atoms with van der Waals surface area (Å²) in [4.78, 5) is 16.4. The number of hydrogen-bond donors (Lipinski definition) is 1. The molecule has 92 valence electrons. The summed E-state index contributed by atoms with van der Waals surface area (Å²) < 4.78 is 3.42. The fraction of sp³-hybridized carbons (Fsp3) is 0.0909. The lowest BCUT2D eigenvalue weighted by molar-refractivity contribution is 0.745. The van der Waals surface area contributed by atoms with Crippen molar-refractivity contribution in [2.45, 2.75) is 6.54 Å². The zero-order valence-electron chi connectivity index (χ0n) is 8.97. The highest BCUT2D eigenvalue weighted by Gasteiger charge is 2.08. The number of aromatic nitrogens is 2. The normalized spacial score (nSPS) is 11.2. The van der Waals surface area contributed by atoms with Crippen molar-refractivity contribution in [1.82, 2.24) is 9.55 Å². The molecule has 0 radical (unpaired) electrons. The molecule has 3 aromatic rings. The third kappa shape index (κ3) is 2.05. The van der Waals surface area contributed by atoms with Gasteiger partial charge in [0.25, 0.3) is 5.56 Å². The van der Waals surface area contributed by atoms with E-state index >= 15 is 0 Å². The molecule has 0 saturated carbocycles. The van der Waals surface area contributed by atoms with Crippen molar-refractivity contribution in [1.29, 1.82) is 0 Å². The Hall–Kier alpha value is -0.950. The molecule has 0 amide bonds. The molecule has 0 aliphatic heterocycles. The smallest absolute Gasteiger partial charge is 0.272 e. The second-order valence-electron chi connectivity index (χ2n) is 3.69. The van der Waals surface area contributed by atoms with Crippen molar-refractivity contribution in [3.05, 3.63) is 47.9 Å². The predicted octanol–water partition coefficient (Wildman–Crippen LogP) is 3.88. The van der Waals surface area contributed by atoms with Gasteiger partial charge >= 0.3 is 0 Å². The third-order valence-electron chi connectivity index (χ3n) is 2.53. The van der Waals surface area contributed by atoms with Crippen LogP contribution >= 0.6 is 46.5 Å². The molecule has 0 fully saturated rings. The average molecular weight is 315 g/mol. The summed E-state index contributed by atoms with van der Waals surface area (Å²) in [6.07, 6.45) is 0.